The highest BCUT2D eigenvalue weighted by atomic mass is 16.8. The Morgan fingerprint density at radius 2 is 0.518 bits per heavy atom. The summed E-state index contributed by atoms with van der Waals surface area (Å²) in [5.74, 6) is 0. The van der Waals surface area contributed by atoms with Gasteiger partial charge in [0.25, 0.3) is 0 Å². The summed E-state index contributed by atoms with van der Waals surface area (Å²) >= 11 is 0. The lowest BCUT2D eigenvalue weighted by atomic mass is 9.95. The van der Waals surface area contributed by atoms with Gasteiger partial charge < -0.3 is 220 Å². The zero-order valence-corrected chi connectivity index (χ0v) is 65.2. The molecule has 112 heavy (non-hydrogen) atoms. The van der Waals surface area contributed by atoms with Crippen LogP contribution in [0.25, 0.3) is 0 Å². The van der Waals surface area contributed by atoms with Crippen LogP contribution in [0.4, 0.5) is 0 Å². The fourth-order valence-electron chi connectivity index (χ4n) is 14.1. The van der Waals surface area contributed by atoms with Gasteiger partial charge >= 0.3 is 0 Å². The van der Waals surface area contributed by atoms with Gasteiger partial charge in [0.1, 0.15) is 195 Å². The molecule has 664 valence electrons. The lowest BCUT2D eigenvalue weighted by Crippen LogP contribution is -2.65. The number of hydrogen-bond acceptors (Lipinski definition) is 44. The van der Waals surface area contributed by atoms with E-state index in [4.69, 9.17) is 91.4 Å². The number of aliphatic hydroxyl groups excluding tert-OH is 21. The van der Waals surface area contributed by atoms with Crippen molar-refractivity contribution in [2.75, 3.05) is 147 Å². The van der Waals surface area contributed by atoms with Crippen LogP contribution >= 0.6 is 0 Å². The summed E-state index contributed by atoms with van der Waals surface area (Å²) in [7, 11) is 7.16. The normalized spacial score (nSPS) is 44.6. The number of nitrogens with one attached hydrogen (secondary N) is 5. The number of aliphatic hydroxyl groups is 21. The molecule has 40 atom stereocenters. The van der Waals surface area contributed by atoms with E-state index in [1.54, 1.807) is 34.8 Å². The fourth-order valence-corrected chi connectivity index (χ4v) is 14.1. The van der Waals surface area contributed by atoms with E-state index >= 15 is 0 Å². The molecule has 8 aliphatic rings. The molecule has 0 radical (unpaired) electrons. The molecule has 8 saturated heterocycles. The summed E-state index contributed by atoms with van der Waals surface area (Å²) in [5, 5.41) is 227. The molecule has 44 heteroatoms. The zero-order chi connectivity index (χ0) is 83.4. The smallest absolute Gasteiger partial charge is 0.187 e. The van der Waals surface area contributed by atoms with Crippen molar-refractivity contribution < 1.29 is 188 Å². The van der Waals surface area contributed by atoms with Crippen LogP contribution < -0.4 is 32.3 Å². The van der Waals surface area contributed by atoms with Crippen molar-refractivity contribution >= 4 is 0 Å². The van der Waals surface area contributed by atoms with Gasteiger partial charge in [-0.25, -0.2) is 0 Å². The van der Waals surface area contributed by atoms with Crippen LogP contribution in [0.1, 0.15) is 41.0 Å². The highest BCUT2D eigenvalue weighted by Gasteiger charge is 2.56. The molecule has 44 nitrogen and oxygen atoms in total. The third-order valence-electron chi connectivity index (χ3n) is 20.6. The summed E-state index contributed by atoms with van der Waals surface area (Å²) in [5.41, 5.74) is 5.44. The van der Waals surface area contributed by atoms with E-state index in [0.29, 0.717) is 52.4 Å². The SMILES string of the molecule is CCCNC[C@H]1O[C@H](OC2[C@@H](CO)O[C@H](C)[C@H](O)[C@H]2O)[C@H](O)[C@@H](O)[C@@H]1OC.COCCNC[C@H]1O[C@H](OC2[C@@H](CO)O[C@H](C)[C@H](O)[C@H]2O)[C@H](O)[C@@H](O)[C@@H]1OC.CO[C@H]1[C@H](O)[C@@H](O)[C@@H](OC2[C@@H](CO)O[C@H](C)[C@H](O)[C@H]2O)O[C@@H]1CNCCN.CO[C@H]1[C@H](O)[C@@H](O)[C@@H](OC2[C@@H](CO)O[C@H](C)[C@H](O)[C@H]2O)O[C@@H]1CNCCNCCO. The van der Waals surface area contributed by atoms with Gasteiger partial charge in [0, 0.05) is 101 Å². The minimum absolute atomic E-state index is 0.0413. The summed E-state index contributed by atoms with van der Waals surface area (Å²) < 4.78 is 93.6. The minimum atomic E-state index is -1.49. The standard InChI is InChI=1S/C18H36N2O10.C17H33NO10.C17H33NO9.C16H32N2O9/c1-9-12(23)13(24)17(11(8-22)28-9)30-18-15(26)14(25)16(27-2)10(29-18)7-20-4-3-19-5-6-21;1-8-11(20)12(21)16(10(7-19)26-8)28-17-14(23)13(22)15(25-3)9(27-17)6-18-4-5-24-2;1-4-5-18-6-9-15(24-3)13(22)14(23)17(26-9)27-16-10(7-19)25-8(2)11(20)12(16)21;1-7-10(20)11(21)15(9(6-19)25-7)27-16-13(23)12(22)14(24-2)8(26-16)5-18-4-3-17/h9-26H,3-8H2,1-2H3;8-23H,4-7H2,1-3H3;8-23H,4-7H2,1-3H3;7-16,18-23H,3-6,17H2,1-2H3/t9-,10-,11-,12+,13-,14-,15-,16-,17?,18-;2*8-,9-,10-,11+,12-,13-,14-,15-,16?,17-;7-,8-,9-,10+,11-,12-,13-,14-,15?,16-/m1111/s1. The lowest BCUT2D eigenvalue weighted by Gasteiger charge is -2.46. The number of methoxy groups -OCH3 is 5. The number of nitrogens with two attached hydrogens (primary N) is 1. The third-order valence-corrected chi connectivity index (χ3v) is 20.6. The predicted octanol–water partition coefficient (Wildman–Crippen LogP) is -14.7. The zero-order valence-electron chi connectivity index (χ0n) is 65.2. The minimum Gasteiger partial charge on any atom is -0.395 e. The second-order valence-corrected chi connectivity index (χ2v) is 28.5. The Labute approximate surface area is 651 Å². The largest absolute Gasteiger partial charge is 0.395 e. The highest BCUT2D eigenvalue weighted by Crippen LogP contribution is 2.35. The van der Waals surface area contributed by atoms with E-state index in [2.05, 4.69) is 26.6 Å². The van der Waals surface area contributed by atoms with Gasteiger partial charge in [0.05, 0.1) is 64.1 Å². The Kier molecular flexibility index (Phi) is 46.0. The van der Waals surface area contributed by atoms with Gasteiger partial charge in [0.15, 0.2) is 25.2 Å². The van der Waals surface area contributed by atoms with Crippen molar-refractivity contribution in [2.24, 2.45) is 5.73 Å². The van der Waals surface area contributed by atoms with Crippen molar-refractivity contribution in [1.29, 1.82) is 0 Å². The van der Waals surface area contributed by atoms with Gasteiger partial charge in [0.2, 0.25) is 0 Å². The molecule has 0 bridgehead atoms. The third kappa shape index (κ3) is 27.1. The van der Waals surface area contributed by atoms with Crippen LogP contribution in [0.5, 0.6) is 0 Å². The summed E-state index contributed by atoms with van der Waals surface area (Å²) in [6, 6.07) is 0. The fraction of sp³-hybridized carbons (Fsp3) is 1.00. The molecule has 8 fully saturated rings. The van der Waals surface area contributed by atoms with Crippen molar-refractivity contribution in [3.8, 4) is 0 Å². The number of ether oxygens (including phenoxy) is 17. The Morgan fingerprint density at radius 3 is 0.750 bits per heavy atom. The van der Waals surface area contributed by atoms with Crippen molar-refractivity contribution in [1.82, 2.24) is 26.6 Å². The number of rotatable bonds is 36. The maximum Gasteiger partial charge on any atom is 0.187 e. The van der Waals surface area contributed by atoms with Crippen LogP contribution in [0.2, 0.25) is 0 Å². The van der Waals surface area contributed by atoms with Crippen LogP contribution in [0.3, 0.4) is 0 Å². The van der Waals surface area contributed by atoms with Gasteiger partial charge in [-0.3, -0.25) is 0 Å². The van der Waals surface area contributed by atoms with Crippen LogP contribution in [0.15, 0.2) is 0 Å². The Bertz CT molecular complexity index is 2390. The van der Waals surface area contributed by atoms with Crippen molar-refractivity contribution in [3.05, 3.63) is 0 Å². The van der Waals surface area contributed by atoms with Crippen molar-refractivity contribution in [3.63, 3.8) is 0 Å². The van der Waals surface area contributed by atoms with E-state index in [1.165, 1.54) is 28.4 Å². The average Bonchev–Trinajstić information content (AvgIpc) is 0.798. The molecule has 8 aliphatic heterocycles. The lowest BCUT2D eigenvalue weighted by molar-refractivity contribution is -0.339. The van der Waals surface area contributed by atoms with E-state index < -0.39 is 271 Å². The Hall–Kier alpha value is -1.76. The van der Waals surface area contributed by atoms with E-state index in [-0.39, 0.29) is 26.2 Å². The molecule has 0 saturated carbocycles. The first-order valence-electron chi connectivity index (χ1n) is 38.0. The molecule has 0 amide bonds. The van der Waals surface area contributed by atoms with Gasteiger partial charge in [-0.2, -0.15) is 0 Å². The number of hydrogen-bond donors (Lipinski definition) is 27. The molecule has 0 spiro atoms. The maximum atomic E-state index is 10.5. The molecule has 0 aliphatic carbocycles. The van der Waals surface area contributed by atoms with Crippen molar-refractivity contribution in [2.45, 2.75) is 286 Å². The first-order valence-corrected chi connectivity index (χ1v) is 38.0. The van der Waals surface area contributed by atoms with E-state index in [1.807, 2.05) is 6.92 Å². The first kappa shape index (κ1) is 101. The van der Waals surface area contributed by atoms with Gasteiger partial charge in [-0.15, -0.1) is 0 Å². The van der Waals surface area contributed by atoms with Gasteiger partial charge in [-0.1, -0.05) is 6.92 Å². The molecule has 8 heterocycles. The highest BCUT2D eigenvalue weighted by molar-refractivity contribution is 5.01. The van der Waals surface area contributed by atoms with Crippen LogP contribution in [-0.4, -0.2) is 499 Å². The van der Waals surface area contributed by atoms with E-state index in [0.717, 1.165) is 13.0 Å². The maximum absolute atomic E-state index is 10.5. The predicted molar refractivity (Wildman–Crippen MR) is 382 cm³/mol. The summed E-state index contributed by atoms with van der Waals surface area (Å²) in [4.78, 5) is 0. The molecular weight excluding hydrogens is 1510 g/mol. The molecule has 4 unspecified atom stereocenters. The summed E-state index contributed by atoms with van der Waals surface area (Å²) in [6.45, 7) is 12.0. The second kappa shape index (κ2) is 51.1. The Balaban J connectivity index is 0.000000267. The average molecular weight is 1640 g/mol. The first-order chi connectivity index (χ1) is 53.4. The molecular formula is C68H134N6O38. The molecule has 8 rings (SSSR count). The molecule has 0 aromatic rings. The van der Waals surface area contributed by atoms with Crippen LogP contribution in [-0.2, 0) is 80.5 Å². The van der Waals surface area contributed by atoms with Gasteiger partial charge in [-0.05, 0) is 40.7 Å². The Morgan fingerprint density at radius 1 is 0.277 bits per heavy atom. The quantitative estimate of drug-likeness (QED) is 0.0259. The monoisotopic (exact) mass is 1640 g/mol. The molecule has 0 aromatic carbocycles. The van der Waals surface area contributed by atoms with E-state index in [9.17, 15) is 102 Å². The molecule has 0 aromatic heterocycles. The van der Waals surface area contributed by atoms with Crippen LogP contribution in [0, 0.1) is 0 Å². The topological polar surface area (TPSA) is 668 Å². The second-order valence-electron chi connectivity index (χ2n) is 28.5. The summed E-state index contributed by atoms with van der Waals surface area (Å²) in [6.07, 6.45) is -42.9. The molecule has 28 N–H and O–H groups in total.